The third-order valence-electron chi connectivity index (χ3n) is 3.10. The van der Waals surface area contributed by atoms with Gasteiger partial charge < -0.3 is 13.9 Å². The molecule has 0 saturated heterocycles. The number of benzene rings is 2. The van der Waals surface area contributed by atoms with Gasteiger partial charge in [0.2, 0.25) is 5.89 Å². The van der Waals surface area contributed by atoms with Crippen LogP contribution in [0.3, 0.4) is 0 Å². The zero-order chi connectivity index (χ0) is 16.4. The van der Waals surface area contributed by atoms with Gasteiger partial charge in [-0.05, 0) is 36.4 Å². The van der Waals surface area contributed by atoms with E-state index >= 15 is 0 Å². The summed E-state index contributed by atoms with van der Waals surface area (Å²) in [5.74, 6) is 0.413. The summed E-state index contributed by atoms with van der Waals surface area (Å²) in [6.45, 7) is 0.101. The van der Waals surface area contributed by atoms with Gasteiger partial charge in [0.25, 0.3) is 0 Å². The zero-order valence-electron chi connectivity index (χ0n) is 12.0. The van der Waals surface area contributed by atoms with Crippen LogP contribution in [0, 0.1) is 0 Å². The molecule has 7 heteroatoms. The molecule has 0 aliphatic rings. The Kier molecular flexibility index (Phi) is 4.41. The van der Waals surface area contributed by atoms with E-state index in [0.29, 0.717) is 38.3 Å². The standard InChI is InChI=1S/C16H11Cl2NO4/c1-21-16(20)9-2-4-12-14(6-9)23-15(19-12)8-22-13-5-3-10(17)7-11(13)18/h2-7H,8H2,1H3. The molecule has 0 saturated carbocycles. The molecule has 3 rings (SSSR count). The van der Waals surface area contributed by atoms with Crippen molar-refractivity contribution in [3.63, 3.8) is 0 Å². The fourth-order valence-electron chi connectivity index (χ4n) is 2.01. The van der Waals surface area contributed by atoms with Crippen LogP contribution in [-0.4, -0.2) is 18.1 Å². The lowest BCUT2D eigenvalue weighted by Crippen LogP contribution is -2.00. The molecule has 0 unspecified atom stereocenters. The predicted molar refractivity (Wildman–Crippen MR) is 86.1 cm³/mol. The van der Waals surface area contributed by atoms with E-state index in [1.54, 1.807) is 36.4 Å². The van der Waals surface area contributed by atoms with Crippen LogP contribution in [0.25, 0.3) is 11.1 Å². The van der Waals surface area contributed by atoms with Gasteiger partial charge in [0.05, 0.1) is 17.7 Å². The Morgan fingerprint density at radius 1 is 1.22 bits per heavy atom. The van der Waals surface area contributed by atoms with Crippen LogP contribution in [-0.2, 0) is 11.3 Å². The minimum absolute atomic E-state index is 0.101. The Morgan fingerprint density at radius 2 is 2.04 bits per heavy atom. The Morgan fingerprint density at radius 3 is 2.78 bits per heavy atom. The van der Waals surface area contributed by atoms with Gasteiger partial charge in [-0.3, -0.25) is 0 Å². The number of hydrogen-bond donors (Lipinski definition) is 0. The van der Waals surface area contributed by atoms with Crippen molar-refractivity contribution in [3.8, 4) is 5.75 Å². The van der Waals surface area contributed by atoms with E-state index in [1.807, 2.05) is 0 Å². The van der Waals surface area contributed by atoms with Crippen LogP contribution >= 0.6 is 23.2 Å². The monoisotopic (exact) mass is 351 g/mol. The summed E-state index contributed by atoms with van der Waals surface area (Å²) in [6.07, 6.45) is 0. The maximum Gasteiger partial charge on any atom is 0.337 e. The van der Waals surface area contributed by atoms with Crippen molar-refractivity contribution in [2.75, 3.05) is 7.11 Å². The fraction of sp³-hybridized carbons (Fsp3) is 0.125. The highest BCUT2D eigenvalue weighted by Crippen LogP contribution is 2.28. The molecular formula is C16H11Cl2NO4. The highest BCUT2D eigenvalue weighted by molar-refractivity contribution is 6.35. The molecule has 0 N–H and O–H groups in total. The summed E-state index contributed by atoms with van der Waals surface area (Å²) in [5.41, 5.74) is 1.50. The van der Waals surface area contributed by atoms with E-state index < -0.39 is 5.97 Å². The van der Waals surface area contributed by atoms with Crippen molar-refractivity contribution in [3.05, 3.63) is 57.9 Å². The van der Waals surface area contributed by atoms with Gasteiger partial charge in [0.15, 0.2) is 12.2 Å². The maximum absolute atomic E-state index is 11.5. The number of ether oxygens (including phenoxy) is 2. The van der Waals surface area contributed by atoms with Crippen LogP contribution < -0.4 is 4.74 Å². The van der Waals surface area contributed by atoms with E-state index in [9.17, 15) is 4.79 Å². The van der Waals surface area contributed by atoms with Gasteiger partial charge in [-0.2, -0.15) is 0 Å². The van der Waals surface area contributed by atoms with Gasteiger partial charge in [0, 0.05) is 5.02 Å². The number of esters is 1. The number of nitrogens with zero attached hydrogens (tertiary/aromatic N) is 1. The van der Waals surface area contributed by atoms with Crippen molar-refractivity contribution >= 4 is 40.3 Å². The van der Waals surface area contributed by atoms with Crippen LogP contribution in [0.2, 0.25) is 10.0 Å². The molecule has 0 aliphatic heterocycles. The number of rotatable bonds is 4. The lowest BCUT2D eigenvalue weighted by molar-refractivity contribution is 0.0601. The molecule has 5 nitrogen and oxygen atoms in total. The maximum atomic E-state index is 11.5. The largest absolute Gasteiger partial charge is 0.482 e. The Bertz CT molecular complexity index is 876. The Labute approximate surface area is 141 Å². The molecule has 2 aromatic carbocycles. The number of methoxy groups -OCH3 is 1. The van der Waals surface area contributed by atoms with Crippen LogP contribution in [0.5, 0.6) is 5.75 Å². The van der Waals surface area contributed by atoms with Gasteiger partial charge in [0.1, 0.15) is 11.3 Å². The number of carbonyl (C=O) groups excluding carboxylic acids is 1. The predicted octanol–water partition coefficient (Wildman–Crippen LogP) is 4.50. The first-order valence-corrected chi connectivity index (χ1v) is 7.38. The first-order chi connectivity index (χ1) is 11.1. The average molecular weight is 352 g/mol. The topological polar surface area (TPSA) is 61.6 Å². The van der Waals surface area contributed by atoms with E-state index in [4.69, 9.17) is 32.4 Å². The first kappa shape index (κ1) is 15.6. The van der Waals surface area contributed by atoms with Gasteiger partial charge in [-0.15, -0.1) is 0 Å². The number of oxazole rings is 1. The number of hydrogen-bond acceptors (Lipinski definition) is 5. The van der Waals surface area contributed by atoms with Crippen LogP contribution in [0.15, 0.2) is 40.8 Å². The summed E-state index contributed by atoms with van der Waals surface area (Å²) in [5, 5.41) is 0.932. The van der Waals surface area contributed by atoms with E-state index in [1.165, 1.54) is 7.11 Å². The Hall–Kier alpha value is -2.24. The second kappa shape index (κ2) is 6.48. The molecule has 1 aromatic heterocycles. The molecule has 0 amide bonds. The molecular weight excluding hydrogens is 341 g/mol. The highest BCUT2D eigenvalue weighted by atomic mass is 35.5. The van der Waals surface area contributed by atoms with Gasteiger partial charge in [-0.25, -0.2) is 9.78 Å². The minimum atomic E-state index is -0.436. The van der Waals surface area contributed by atoms with Gasteiger partial charge >= 0.3 is 5.97 Å². The molecule has 118 valence electrons. The SMILES string of the molecule is COC(=O)c1ccc2nc(COc3ccc(Cl)cc3Cl)oc2c1. The number of fused-ring (bicyclic) bond motifs is 1. The van der Waals surface area contributed by atoms with E-state index in [-0.39, 0.29) is 6.61 Å². The molecule has 0 atom stereocenters. The normalized spacial score (nSPS) is 10.7. The fourth-order valence-corrected chi connectivity index (χ4v) is 2.47. The number of carbonyl (C=O) groups is 1. The van der Waals surface area contributed by atoms with Gasteiger partial charge in [-0.1, -0.05) is 23.2 Å². The van der Waals surface area contributed by atoms with Crippen molar-refractivity contribution < 1.29 is 18.7 Å². The number of aromatic nitrogens is 1. The molecule has 23 heavy (non-hydrogen) atoms. The Balaban J connectivity index is 1.79. The van der Waals surface area contributed by atoms with Crippen LogP contribution in [0.4, 0.5) is 0 Å². The minimum Gasteiger partial charge on any atom is -0.482 e. The van der Waals surface area contributed by atoms with Crippen LogP contribution in [0.1, 0.15) is 16.2 Å². The first-order valence-electron chi connectivity index (χ1n) is 6.62. The third kappa shape index (κ3) is 3.41. The lowest BCUT2D eigenvalue weighted by atomic mass is 10.2. The molecule has 0 fully saturated rings. The summed E-state index contributed by atoms with van der Waals surface area (Å²) >= 11 is 11.9. The second-order valence-electron chi connectivity index (χ2n) is 4.65. The van der Waals surface area contributed by atoms with Crippen molar-refractivity contribution in [1.82, 2.24) is 4.98 Å². The van der Waals surface area contributed by atoms with E-state index in [2.05, 4.69) is 9.72 Å². The summed E-state index contributed by atoms with van der Waals surface area (Å²) in [6, 6.07) is 9.82. The molecule has 0 bridgehead atoms. The summed E-state index contributed by atoms with van der Waals surface area (Å²) in [7, 11) is 1.32. The molecule has 3 aromatic rings. The van der Waals surface area contributed by atoms with Crippen molar-refractivity contribution in [2.45, 2.75) is 6.61 Å². The second-order valence-corrected chi connectivity index (χ2v) is 5.49. The molecule has 1 heterocycles. The molecule has 0 aliphatic carbocycles. The van der Waals surface area contributed by atoms with E-state index in [0.717, 1.165) is 0 Å². The third-order valence-corrected chi connectivity index (χ3v) is 3.63. The number of halogens is 2. The zero-order valence-corrected chi connectivity index (χ0v) is 13.5. The average Bonchev–Trinajstić information content (AvgIpc) is 2.95. The lowest BCUT2D eigenvalue weighted by Gasteiger charge is -2.05. The summed E-state index contributed by atoms with van der Waals surface area (Å²) in [4.78, 5) is 15.8. The highest BCUT2D eigenvalue weighted by Gasteiger charge is 2.12. The molecule has 0 radical (unpaired) electrons. The summed E-state index contributed by atoms with van der Waals surface area (Å²) < 4.78 is 15.8. The van der Waals surface area contributed by atoms with Crippen molar-refractivity contribution in [1.29, 1.82) is 0 Å². The van der Waals surface area contributed by atoms with Crippen molar-refractivity contribution in [2.24, 2.45) is 0 Å². The molecule has 0 spiro atoms. The quantitative estimate of drug-likeness (QED) is 0.647. The smallest absolute Gasteiger partial charge is 0.337 e.